The van der Waals surface area contributed by atoms with E-state index in [1.165, 1.54) is 0 Å². The lowest BCUT2D eigenvalue weighted by atomic mass is 9.97. The molecule has 25 heavy (non-hydrogen) atoms. The number of amides is 2. The molecule has 1 aromatic rings. The highest BCUT2D eigenvalue weighted by Crippen LogP contribution is 2.27. The lowest BCUT2D eigenvalue weighted by Crippen LogP contribution is -2.50. The van der Waals surface area contributed by atoms with Gasteiger partial charge in [0.05, 0.1) is 11.4 Å². The zero-order chi connectivity index (χ0) is 18.0. The van der Waals surface area contributed by atoms with Crippen molar-refractivity contribution in [3.63, 3.8) is 0 Å². The number of carboxylic acid groups (broad SMARTS) is 1. The maximum absolute atomic E-state index is 13.0. The van der Waals surface area contributed by atoms with Gasteiger partial charge in [-0.2, -0.15) is 0 Å². The molecule has 6 nitrogen and oxygen atoms in total. The van der Waals surface area contributed by atoms with Gasteiger partial charge >= 0.3 is 5.97 Å². The molecule has 0 saturated carbocycles. The third kappa shape index (κ3) is 3.66. The van der Waals surface area contributed by atoms with Crippen molar-refractivity contribution in [2.45, 2.75) is 38.8 Å². The van der Waals surface area contributed by atoms with Gasteiger partial charge in [-0.25, -0.2) is 4.79 Å². The van der Waals surface area contributed by atoms with Crippen LogP contribution in [-0.4, -0.2) is 56.9 Å². The summed E-state index contributed by atoms with van der Waals surface area (Å²) in [7, 11) is 0. The zero-order valence-corrected chi connectivity index (χ0v) is 15.1. The van der Waals surface area contributed by atoms with Gasteiger partial charge in [-0.05, 0) is 36.1 Å². The van der Waals surface area contributed by atoms with Crippen LogP contribution in [0.5, 0.6) is 0 Å². The average Bonchev–Trinajstić information content (AvgIpc) is 3.10. The van der Waals surface area contributed by atoms with Gasteiger partial charge in [0.2, 0.25) is 11.8 Å². The summed E-state index contributed by atoms with van der Waals surface area (Å²) in [6.07, 6.45) is 1.95. The van der Waals surface area contributed by atoms with E-state index in [0.29, 0.717) is 37.6 Å². The van der Waals surface area contributed by atoms with E-state index in [4.69, 9.17) is 5.11 Å². The van der Waals surface area contributed by atoms with Gasteiger partial charge in [-0.1, -0.05) is 13.0 Å². The van der Waals surface area contributed by atoms with E-state index >= 15 is 0 Å². The third-order valence-corrected chi connectivity index (χ3v) is 5.74. The predicted molar refractivity (Wildman–Crippen MR) is 95.4 cm³/mol. The molecular formula is C18H22N2O4S. The molecule has 2 heterocycles. The van der Waals surface area contributed by atoms with E-state index in [1.54, 1.807) is 33.7 Å². The Hall–Kier alpha value is -2.02. The normalized spacial score (nSPS) is 19.6. The second kappa shape index (κ2) is 7.47. The number of carbonyl (C=O) groups excluding carboxylic acids is 2. The Morgan fingerprint density at radius 2 is 2.08 bits per heavy atom. The molecule has 1 unspecified atom stereocenters. The molecule has 0 bridgehead atoms. The Morgan fingerprint density at radius 3 is 2.80 bits per heavy atom. The van der Waals surface area contributed by atoms with Gasteiger partial charge in [0.15, 0.2) is 0 Å². The van der Waals surface area contributed by atoms with Gasteiger partial charge in [-0.15, -0.1) is 11.8 Å². The second-order valence-electron chi connectivity index (χ2n) is 6.43. The Morgan fingerprint density at radius 1 is 1.28 bits per heavy atom. The first-order valence-electron chi connectivity index (χ1n) is 8.52. The Bertz CT molecular complexity index is 706. The molecule has 0 aliphatic carbocycles. The summed E-state index contributed by atoms with van der Waals surface area (Å²) >= 11 is 1.61. The molecule has 2 aliphatic rings. The molecule has 3 rings (SSSR count). The van der Waals surface area contributed by atoms with E-state index in [2.05, 4.69) is 0 Å². The van der Waals surface area contributed by atoms with Crippen LogP contribution in [0.3, 0.4) is 0 Å². The van der Waals surface area contributed by atoms with Crippen molar-refractivity contribution in [2.75, 3.05) is 18.2 Å². The molecule has 1 aromatic carbocycles. The summed E-state index contributed by atoms with van der Waals surface area (Å²) < 4.78 is 0. The minimum Gasteiger partial charge on any atom is -0.478 e. The van der Waals surface area contributed by atoms with Crippen molar-refractivity contribution in [3.8, 4) is 0 Å². The number of carbonyl (C=O) groups is 3. The van der Waals surface area contributed by atoms with Crippen molar-refractivity contribution in [1.82, 2.24) is 9.80 Å². The molecule has 0 spiro atoms. The van der Waals surface area contributed by atoms with E-state index in [9.17, 15) is 14.4 Å². The number of thioether (sulfide) groups is 1. The largest absolute Gasteiger partial charge is 0.478 e. The van der Waals surface area contributed by atoms with Gasteiger partial charge < -0.3 is 14.9 Å². The second-order valence-corrected chi connectivity index (χ2v) is 7.43. The first kappa shape index (κ1) is 17.8. The standard InChI is InChI=1S/C18H22N2O4S/c1-2-3-16(21)20-11-25-10-15(20)17(22)19-7-6-12-4-5-13(18(23)24)8-14(12)9-19/h4-5,8,15H,2-3,6-7,9-11H2,1H3,(H,23,24). The summed E-state index contributed by atoms with van der Waals surface area (Å²) in [5.74, 6) is 0.252. The Labute approximate surface area is 151 Å². The van der Waals surface area contributed by atoms with Crippen molar-refractivity contribution >= 4 is 29.5 Å². The quantitative estimate of drug-likeness (QED) is 0.886. The summed E-state index contributed by atoms with van der Waals surface area (Å²) in [5, 5.41) is 9.15. The summed E-state index contributed by atoms with van der Waals surface area (Å²) in [6.45, 7) is 2.97. The number of aromatic carboxylic acids is 1. The molecule has 0 aromatic heterocycles. The van der Waals surface area contributed by atoms with Crippen molar-refractivity contribution in [1.29, 1.82) is 0 Å². The number of hydrogen-bond acceptors (Lipinski definition) is 4. The summed E-state index contributed by atoms with van der Waals surface area (Å²) in [6, 6.07) is 4.70. The maximum atomic E-state index is 13.0. The van der Waals surface area contributed by atoms with Crippen LogP contribution in [0.4, 0.5) is 0 Å². The fraction of sp³-hybridized carbons (Fsp3) is 0.500. The van der Waals surface area contributed by atoms with Gasteiger partial charge in [0.1, 0.15) is 6.04 Å². The molecule has 134 valence electrons. The number of carboxylic acids is 1. The molecule has 0 radical (unpaired) electrons. The van der Waals surface area contributed by atoms with E-state index in [1.807, 2.05) is 13.0 Å². The lowest BCUT2D eigenvalue weighted by Gasteiger charge is -2.33. The van der Waals surface area contributed by atoms with Crippen molar-refractivity contribution < 1.29 is 19.5 Å². The smallest absolute Gasteiger partial charge is 0.335 e. The van der Waals surface area contributed by atoms with E-state index in [-0.39, 0.29) is 17.4 Å². The highest BCUT2D eigenvalue weighted by atomic mass is 32.2. The van der Waals surface area contributed by atoms with Crippen LogP contribution < -0.4 is 0 Å². The van der Waals surface area contributed by atoms with Crippen LogP contribution in [-0.2, 0) is 22.6 Å². The molecule has 2 amide bonds. The minimum atomic E-state index is -0.963. The topological polar surface area (TPSA) is 77.9 Å². The summed E-state index contributed by atoms with van der Waals surface area (Å²) in [4.78, 5) is 39.8. The number of fused-ring (bicyclic) bond motifs is 1. The van der Waals surface area contributed by atoms with Crippen LogP contribution in [0.25, 0.3) is 0 Å². The molecule has 1 saturated heterocycles. The first-order valence-corrected chi connectivity index (χ1v) is 9.67. The lowest BCUT2D eigenvalue weighted by molar-refractivity contribution is -0.144. The molecule has 2 aliphatic heterocycles. The van der Waals surface area contributed by atoms with Gasteiger partial charge in [0, 0.05) is 25.3 Å². The molecular weight excluding hydrogens is 340 g/mol. The molecule has 1 fully saturated rings. The van der Waals surface area contributed by atoms with Gasteiger partial charge in [-0.3, -0.25) is 9.59 Å². The predicted octanol–water partition coefficient (Wildman–Crippen LogP) is 1.97. The monoisotopic (exact) mass is 362 g/mol. The number of rotatable bonds is 4. The number of hydrogen-bond donors (Lipinski definition) is 1. The van der Waals surface area contributed by atoms with Crippen LogP contribution in [0, 0.1) is 0 Å². The van der Waals surface area contributed by atoms with Crippen LogP contribution >= 0.6 is 11.8 Å². The van der Waals surface area contributed by atoms with Crippen molar-refractivity contribution in [2.24, 2.45) is 0 Å². The number of benzene rings is 1. The van der Waals surface area contributed by atoms with Crippen LogP contribution in [0.2, 0.25) is 0 Å². The number of nitrogens with zero attached hydrogens (tertiary/aromatic N) is 2. The van der Waals surface area contributed by atoms with Crippen molar-refractivity contribution in [3.05, 3.63) is 34.9 Å². The molecule has 1 atom stereocenters. The molecule has 1 N–H and O–H groups in total. The van der Waals surface area contributed by atoms with E-state index in [0.717, 1.165) is 17.5 Å². The highest BCUT2D eigenvalue weighted by Gasteiger charge is 2.37. The van der Waals surface area contributed by atoms with Crippen LogP contribution in [0.15, 0.2) is 18.2 Å². The van der Waals surface area contributed by atoms with E-state index < -0.39 is 12.0 Å². The molecule has 7 heteroatoms. The zero-order valence-electron chi connectivity index (χ0n) is 14.2. The summed E-state index contributed by atoms with van der Waals surface area (Å²) in [5.41, 5.74) is 2.22. The van der Waals surface area contributed by atoms with Gasteiger partial charge in [0.25, 0.3) is 0 Å². The minimum absolute atomic E-state index is 0.0270. The Kier molecular flexibility index (Phi) is 5.32. The fourth-order valence-corrected chi connectivity index (χ4v) is 4.51. The Balaban J connectivity index is 1.74. The maximum Gasteiger partial charge on any atom is 0.335 e. The fourth-order valence-electron chi connectivity index (χ4n) is 3.34. The van der Waals surface area contributed by atoms with Crippen LogP contribution in [0.1, 0.15) is 41.3 Å². The first-order chi connectivity index (χ1) is 12.0. The average molecular weight is 362 g/mol. The SMILES string of the molecule is CCCC(=O)N1CSCC1C(=O)N1CCc2ccc(C(=O)O)cc2C1. The highest BCUT2D eigenvalue weighted by molar-refractivity contribution is 7.99. The third-order valence-electron chi connectivity index (χ3n) is 4.73.